The lowest BCUT2D eigenvalue weighted by atomic mass is 9.91. The van der Waals surface area contributed by atoms with Crippen molar-refractivity contribution < 1.29 is 19.1 Å². The summed E-state index contributed by atoms with van der Waals surface area (Å²) in [4.78, 5) is 44.2. The van der Waals surface area contributed by atoms with E-state index in [1.807, 2.05) is 67.3 Å². The number of carbonyl (C=O) groups excluding carboxylic acids is 3. The molecular formula is C34H40N4O4. The summed E-state index contributed by atoms with van der Waals surface area (Å²) in [7, 11) is 0. The van der Waals surface area contributed by atoms with Crippen molar-refractivity contribution in [1.29, 1.82) is 0 Å². The molecule has 0 aliphatic carbocycles. The molecule has 0 radical (unpaired) electrons. The minimum absolute atomic E-state index is 0.118. The van der Waals surface area contributed by atoms with Crippen LogP contribution in [0.4, 0.5) is 5.69 Å². The van der Waals surface area contributed by atoms with Crippen molar-refractivity contribution in [3.05, 3.63) is 90.0 Å². The van der Waals surface area contributed by atoms with Gasteiger partial charge in [0.05, 0.1) is 11.3 Å². The first-order chi connectivity index (χ1) is 20.1. The molecule has 1 fully saturated rings. The fourth-order valence-electron chi connectivity index (χ4n) is 5.95. The van der Waals surface area contributed by atoms with Gasteiger partial charge in [-0.3, -0.25) is 14.4 Å². The summed E-state index contributed by atoms with van der Waals surface area (Å²) >= 11 is 0. The Morgan fingerprint density at radius 1 is 0.929 bits per heavy atom. The molecule has 0 saturated carbocycles. The molecule has 5 rings (SSSR count). The Morgan fingerprint density at radius 2 is 1.57 bits per heavy atom. The molecule has 3 amide bonds. The summed E-state index contributed by atoms with van der Waals surface area (Å²) < 4.78 is 5.95. The van der Waals surface area contributed by atoms with E-state index in [1.165, 1.54) is 10.5 Å². The highest BCUT2D eigenvalue weighted by Crippen LogP contribution is 2.31. The number of amides is 3. The maximum Gasteiger partial charge on any atom is 0.257 e. The Balaban J connectivity index is 1.30. The number of ether oxygens (including phenoxy) is 1. The summed E-state index contributed by atoms with van der Waals surface area (Å²) in [6.45, 7) is 9.18. The van der Waals surface area contributed by atoms with Gasteiger partial charge in [-0.05, 0) is 68.5 Å². The van der Waals surface area contributed by atoms with E-state index < -0.39 is 6.04 Å². The molecule has 2 aliphatic heterocycles. The number of nitrogens with zero attached hydrogens (tertiary/aromatic N) is 2. The topological polar surface area (TPSA) is 91.0 Å². The number of nitrogens with one attached hydrogen (secondary N) is 2. The van der Waals surface area contributed by atoms with Crippen LogP contribution in [0.1, 0.15) is 56.5 Å². The number of likely N-dealkylation sites (tertiary alicyclic amines) is 1. The summed E-state index contributed by atoms with van der Waals surface area (Å²) in [6, 6.07) is 24.2. The van der Waals surface area contributed by atoms with Gasteiger partial charge in [0.15, 0.2) is 0 Å². The van der Waals surface area contributed by atoms with Crippen LogP contribution in [-0.4, -0.2) is 59.2 Å². The van der Waals surface area contributed by atoms with E-state index in [-0.39, 0.29) is 41.8 Å². The SMILES string of the molecule is CC(C)[C@H](C(=O)N1CCC(NC(C)(C)c2ccccc2)CC1)N1CC(=O)Nc2ccc(Oc3ccccc3)cc2C1=O. The van der Waals surface area contributed by atoms with Gasteiger partial charge in [0.2, 0.25) is 11.8 Å². The molecule has 0 aromatic heterocycles. The van der Waals surface area contributed by atoms with Crippen LogP contribution >= 0.6 is 0 Å². The maximum absolute atomic E-state index is 14.0. The number of benzene rings is 3. The van der Waals surface area contributed by atoms with Crippen LogP contribution in [0.25, 0.3) is 0 Å². The standard InChI is InChI=1S/C34H40N4O4/c1-23(2)31(33(41)37-19-17-25(18-20-37)36-34(3,4)24-11-7-5-8-12-24)38-22-30(39)35-29-16-15-27(21-28(29)32(38)40)42-26-13-9-6-10-14-26/h5-16,21,23,25,31,36H,17-20,22H2,1-4H3,(H,35,39)/t31-/m1/s1. The van der Waals surface area contributed by atoms with Crippen molar-refractivity contribution in [3.8, 4) is 11.5 Å². The van der Waals surface area contributed by atoms with Crippen molar-refractivity contribution in [2.24, 2.45) is 5.92 Å². The van der Waals surface area contributed by atoms with Gasteiger partial charge in [-0.1, -0.05) is 62.4 Å². The molecule has 1 saturated heterocycles. The van der Waals surface area contributed by atoms with Gasteiger partial charge in [-0.2, -0.15) is 0 Å². The Hall–Kier alpha value is -4.17. The lowest BCUT2D eigenvalue weighted by molar-refractivity contribution is -0.139. The fourth-order valence-corrected chi connectivity index (χ4v) is 5.95. The number of carbonyl (C=O) groups is 3. The van der Waals surface area contributed by atoms with Gasteiger partial charge < -0.3 is 25.2 Å². The van der Waals surface area contributed by atoms with E-state index in [9.17, 15) is 14.4 Å². The second-order valence-electron chi connectivity index (χ2n) is 12.0. The van der Waals surface area contributed by atoms with Crippen LogP contribution in [0.3, 0.4) is 0 Å². The molecule has 0 unspecified atom stereocenters. The number of anilines is 1. The third-order valence-electron chi connectivity index (χ3n) is 8.14. The van der Waals surface area contributed by atoms with Gasteiger partial charge in [0.1, 0.15) is 24.1 Å². The van der Waals surface area contributed by atoms with E-state index in [0.717, 1.165) is 12.8 Å². The largest absolute Gasteiger partial charge is 0.457 e. The van der Waals surface area contributed by atoms with Crippen molar-refractivity contribution in [2.75, 3.05) is 25.0 Å². The van der Waals surface area contributed by atoms with E-state index in [2.05, 4.69) is 36.6 Å². The average molecular weight is 569 g/mol. The summed E-state index contributed by atoms with van der Waals surface area (Å²) in [5.74, 6) is 0.113. The van der Waals surface area contributed by atoms with Gasteiger partial charge >= 0.3 is 0 Å². The smallest absolute Gasteiger partial charge is 0.257 e. The second kappa shape index (κ2) is 12.4. The maximum atomic E-state index is 14.0. The number of hydrogen-bond donors (Lipinski definition) is 2. The Morgan fingerprint density at radius 3 is 2.21 bits per heavy atom. The van der Waals surface area contributed by atoms with E-state index in [0.29, 0.717) is 35.8 Å². The molecule has 2 aliphatic rings. The average Bonchev–Trinajstić information content (AvgIpc) is 3.09. The zero-order valence-corrected chi connectivity index (χ0v) is 24.8. The lowest BCUT2D eigenvalue weighted by Crippen LogP contribution is -2.57. The van der Waals surface area contributed by atoms with E-state index in [1.54, 1.807) is 18.2 Å². The van der Waals surface area contributed by atoms with Crippen LogP contribution < -0.4 is 15.4 Å². The molecule has 8 heteroatoms. The van der Waals surface area contributed by atoms with Crippen molar-refractivity contribution in [2.45, 2.75) is 58.2 Å². The van der Waals surface area contributed by atoms with Crippen molar-refractivity contribution in [3.63, 3.8) is 0 Å². The first-order valence-electron chi connectivity index (χ1n) is 14.7. The van der Waals surface area contributed by atoms with Crippen LogP contribution in [-0.2, 0) is 15.1 Å². The quantitative estimate of drug-likeness (QED) is 0.379. The van der Waals surface area contributed by atoms with Crippen molar-refractivity contribution >= 4 is 23.4 Å². The summed E-state index contributed by atoms with van der Waals surface area (Å²) in [6.07, 6.45) is 1.62. The summed E-state index contributed by atoms with van der Waals surface area (Å²) in [5.41, 5.74) is 1.74. The van der Waals surface area contributed by atoms with Crippen LogP contribution in [0.5, 0.6) is 11.5 Å². The molecule has 220 valence electrons. The molecule has 2 N–H and O–H groups in total. The Kier molecular flexibility index (Phi) is 8.64. The highest BCUT2D eigenvalue weighted by atomic mass is 16.5. The lowest BCUT2D eigenvalue weighted by Gasteiger charge is -2.41. The number of rotatable bonds is 8. The number of piperidine rings is 1. The van der Waals surface area contributed by atoms with E-state index >= 15 is 0 Å². The zero-order chi connectivity index (χ0) is 29.9. The predicted molar refractivity (Wildman–Crippen MR) is 163 cm³/mol. The Bertz CT molecular complexity index is 1420. The highest BCUT2D eigenvalue weighted by Gasteiger charge is 2.40. The van der Waals surface area contributed by atoms with Crippen LogP contribution in [0.2, 0.25) is 0 Å². The molecule has 8 nitrogen and oxygen atoms in total. The third kappa shape index (κ3) is 6.49. The Labute approximate surface area is 248 Å². The van der Waals surface area contributed by atoms with E-state index in [4.69, 9.17) is 4.74 Å². The monoisotopic (exact) mass is 568 g/mol. The third-order valence-corrected chi connectivity index (χ3v) is 8.14. The molecule has 3 aromatic rings. The molecule has 3 aromatic carbocycles. The minimum Gasteiger partial charge on any atom is -0.457 e. The van der Waals surface area contributed by atoms with Gasteiger partial charge in [-0.25, -0.2) is 0 Å². The second-order valence-corrected chi connectivity index (χ2v) is 12.0. The predicted octanol–water partition coefficient (Wildman–Crippen LogP) is 5.41. The molecule has 0 bridgehead atoms. The number of para-hydroxylation sites is 1. The van der Waals surface area contributed by atoms with Crippen LogP contribution in [0.15, 0.2) is 78.9 Å². The normalized spacial score (nSPS) is 17.0. The zero-order valence-electron chi connectivity index (χ0n) is 24.8. The first-order valence-corrected chi connectivity index (χ1v) is 14.7. The highest BCUT2D eigenvalue weighted by molar-refractivity contribution is 6.10. The molecule has 42 heavy (non-hydrogen) atoms. The minimum atomic E-state index is -0.766. The molecule has 2 heterocycles. The van der Waals surface area contributed by atoms with Gasteiger partial charge in [-0.15, -0.1) is 0 Å². The fraction of sp³-hybridized carbons (Fsp3) is 0.382. The number of fused-ring (bicyclic) bond motifs is 1. The van der Waals surface area contributed by atoms with Crippen molar-refractivity contribution in [1.82, 2.24) is 15.1 Å². The van der Waals surface area contributed by atoms with Crippen LogP contribution in [0, 0.1) is 5.92 Å². The molecular weight excluding hydrogens is 528 g/mol. The van der Waals surface area contributed by atoms with Gasteiger partial charge in [0, 0.05) is 24.7 Å². The molecule has 1 atom stereocenters. The first kappa shape index (κ1) is 29.3. The van der Waals surface area contributed by atoms with Gasteiger partial charge in [0.25, 0.3) is 5.91 Å². The molecule has 0 spiro atoms. The summed E-state index contributed by atoms with van der Waals surface area (Å²) in [5, 5.41) is 6.61. The number of hydrogen-bond acceptors (Lipinski definition) is 5.